The van der Waals surface area contributed by atoms with E-state index >= 15 is 0 Å². The molecule has 0 fully saturated rings. The van der Waals surface area contributed by atoms with E-state index in [4.69, 9.17) is 16.3 Å². The SMILES string of the molecule is CC[C@H](Oc1cccc(Cl)c1)C(=O)NCCCN(C)c1ccccc1. The molecule has 0 aromatic heterocycles. The summed E-state index contributed by atoms with van der Waals surface area (Å²) < 4.78 is 5.75. The average Bonchev–Trinajstić information content (AvgIpc) is 2.63. The van der Waals surface area contributed by atoms with Crippen LogP contribution >= 0.6 is 11.6 Å². The molecular formula is C20H25ClN2O2. The number of nitrogens with zero attached hydrogens (tertiary/aromatic N) is 1. The van der Waals surface area contributed by atoms with Gasteiger partial charge in [-0.1, -0.05) is 42.8 Å². The number of hydrogen-bond donors (Lipinski definition) is 1. The molecule has 2 aromatic rings. The van der Waals surface area contributed by atoms with Gasteiger partial charge in [-0.3, -0.25) is 4.79 Å². The van der Waals surface area contributed by atoms with Crippen LogP contribution in [0.15, 0.2) is 54.6 Å². The molecule has 0 aliphatic rings. The first-order valence-electron chi connectivity index (χ1n) is 8.56. The Bertz CT molecular complexity index is 664. The molecule has 25 heavy (non-hydrogen) atoms. The van der Waals surface area contributed by atoms with Gasteiger partial charge in [0.25, 0.3) is 5.91 Å². The summed E-state index contributed by atoms with van der Waals surface area (Å²) >= 11 is 5.95. The molecule has 1 amide bonds. The van der Waals surface area contributed by atoms with Crippen molar-refractivity contribution in [3.8, 4) is 5.75 Å². The summed E-state index contributed by atoms with van der Waals surface area (Å²) in [5.74, 6) is 0.517. The number of benzene rings is 2. The van der Waals surface area contributed by atoms with E-state index < -0.39 is 6.10 Å². The Morgan fingerprint density at radius 2 is 1.96 bits per heavy atom. The maximum atomic E-state index is 12.3. The number of carbonyl (C=O) groups is 1. The van der Waals surface area contributed by atoms with Crippen molar-refractivity contribution < 1.29 is 9.53 Å². The van der Waals surface area contributed by atoms with Gasteiger partial charge in [-0.25, -0.2) is 0 Å². The lowest BCUT2D eigenvalue weighted by atomic mass is 10.2. The summed E-state index contributed by atoms with van der Waals surface area (Å²) in [4.78, 5) is 14.5. The number of hydrogen-bond acceptors (Lipinski definition) is 3. The van der Waals surface area contributed by atoms with Gasteiger partial charge in [0.15, 0.2) is 6.10 Å². The highest BCUT2D eigenvalue weighted by Crippen LogP contribution is 2.19. The predicted molar refractivity (Wildman–Crippen MR) is 103 cm³/mol. The van der Waals surface area contributed by atoms with E-state index in [0.717, 1.165) is 13.0 Å². The molecule has 0 radical (unpaired) electrons. The molecule has 4 nitrogen and oxygen atoms in total. The summed E-state index contributed by atoms with van der Waals surface area (Å²) in [6, 6.07) is 17.3. The van der Waals surface area contributed by atoms with Gasteiger partial charge in [0.05, 0.1) is 0 Å². The van der Waals surface area contributed by atoms with Gasteiger partial charge in [-0.15, -0.1) is 0 Å². The van der Waals surface area contributed by atoms with Crippen LogP contribution in [0.2, 0.25) is 5.02 Å². The number of para-hydroxylation sites is 1. The highest BCUT2D eigenvalue weighted by Gasteiger charge is 2.17. The Labute approximate surface area is 154 Å². The van der Waals surface area contributed by atoms with Crippen LogP contribution in [0.25, 0.3) is 0 Å². The second-order valence-corrected chi connectivity index (χ2v) is 6.31. The molecule has 1 atom stereocenters. The highest BCUT2D eigenvalue weighted by atomic mass is 35.5. The van der Waals surface area contributed by atoms with Crippen LogP contribution in [-0.2, 0) is 4.79 Å². The molecule has 2 rings (SSSR count). The van der Waals surface area contributed by atoms with Gasteiger partial charge in [0, 0.05) is 30.8 Å². The maximum absolute atomic E-state index is 12.3. The van der Waals surface area contributed by atoms with Crippen LogP contribution < -0.4 is 15.0 Å². The Morgan fingerprint density at radius 3 is 2.64 bits per heavy atom. The normalized spacial score (nSPS) is 11.6. The van der Waals surface area contributed by atoms with Crippen molar-refractivity contribution in [3.05, 3.63) is 59.6 Å². The summed E-state index contributed by atoms with van der Waals surface area (Å²) in [5, 5.41) is 3.55. The van der Waals surface area contributed by atoms with Crippen molar-refractivity contribution in [1.82, 2.24) is 5.32 Å². The first-order chi connectivity index (χ1) is 12.1. The van der Waals surface area contributed by atoms with E-state index in [-0.39, 0.29) is 5.91 Å². The van der Waals surface area contributed by atoms with E-state index in [1.807, 2.05) is 38.2 Å². The average molecular weight is 361 g/mol. The molecule has 0 bridgehead atoms. The zero-order valence-corrected chi connectivity index (χ0v) is 15.5. The molecule has 0 heterocycles. The van der Waals surface area contributed by atoms with Crippen LogP contribution in [0.4, 0.5) is 5.69 Å². The van der Waals surface area contributed by atoms with Gasteiger partial charge in [0.2, 0.25) is 0 Å². The fourth-order valence-electron chi connectivity index (χ4n) is 2.48. The number of ether oxygens (including phenoxy) is 1. The van der Waals surface area contributed by atoms with Crippen LogP contribution in [0, 0.1) is 0 Å². The minimum Gasteiger partial charge on any atom is -0.481 e. The lowest BCUT2D eigenvalue weighted by Gasteiger charge is -2.20. The largest absolute Gasteiger partial charge is 0.481 e. The molecule has 0 aliphatic heterocycles. The molecule has 134 valence electrons. The topological polar surface area (TPSA) is 41.6 Å². The monoisotopic (exact) mass is 360 g/mol. The van der Waals surface area contributed by atoms with Crippen molar-refractivity contribution in [2.75, 3.05) is 25.0 Å². The lowest BCUT2D eigenvalue weighted by Crippen LogP contribution is -2.39. The molecule has 0 unspecified atom stereocenters. The second-order valence-electron chi connectivity index (χ2n) is 5.87. The van der Waals surface area contributed by atoms with Crippen LogP contribution in [0.5, 0.6) is 5.75 Å². The summed E-state index contributed by atoms with van der Waals surface area (Å²) in [5.41, 5.74) is 1.17. The van der Waals surface area contributed by atoms with E-state index in [0.29, 0.717) is 23.7 Å². The molecule has 0 saturated heterocycles. The third-order valence-electron chi connectivity index (χ3n) is 3.90. The van der Waals surface area contributed by atoms with Crippen LogP contribution in [0.3, 0.4) is 0 Å². The fourth-order valence-corrected chi connectivity index (χ4v) is 2.66. The van der Waals surface area contributed by atoms with Crippen molar-refractivity contribution in [3.63, 3.8) is 0 Å². The fraction of sp³-hybridized carbons (Fsp3) is 0.350. The minimum absolute atomic E-state index is 0.0927. The molecule has 0 aliphatic carbocycles. The van der Waals surface area contributed by atoms with Crippen molar-refractivity contribution >= 4 is 23.2 Å². The molecular weight excluding hydrogens is 336 g/mol. The van der Waals surface area contributed by atoms with Crippen LogP contribution in [-0.4, -0.2) is 32.1 Å². The third kappa shape index (κ3) is 6.31. The van der Waals surface area contributed by atoms with Crippen molar-refractivity contribution in [2.24, 2.45) is 0 Å². The van der Waals surface area contributed by atoms with Gasteiger partial charge in [-0.2, -0.15) is 0 Å². The van der Waals surface area contributed by atoms with Gasteiger partial charge < -0.3 is 15.0 Å². The maximum Gasteiger partial charge on any atom is 0.261 e. The van der Waals surface area contributed by atoms with Crippen molar-refractivity contribution in [1.29, 1.82) is 0 Å². The number of amides is 1. The molecule has 0 saturated carbocycles. The number of anilines is 1. The molecule has 0 spiro atoms. The highest BCUT2D eigenvalue weighted by molar-refractivity contribution is 6.30. The zero-order valence-electron chi connectivity index (χ0n) is 14.7. The summed E-state index contributed by atoms with van der Waals surface area (Å²) in [6.45, 7) is 3.42. The quantitative estimate of drug-likeness (QED) is 0.683. The Kier molecular flexibility index (Phi) is 7.61. The first-order valence-corrected chi connectivity index (χ1v) is 8.94. The predicted octanol–water partition coefficient (Wildman–Crippen LogP) is 4.14. The first kappa shape index (κ1) is 19.1. The standard InChI is InChI=1S/C20H25ClN2O2/c1-3-19(25-18-12-7-9-16(21)15-18)20(24)22-13-8-14-23(2)17-10-5-4-6-11-17/h4-7,9-12,15,19H,3,8,13-14H2,1-2H3,(H,22,24)/t19-/m0/s1. The number of rotatable bonds is 9. The summed E-state index contributed by atoms with van der Waals surface area (Å²) in [7, 11) is 2.05. The zero-order chi connectivity index (χ0) is 18.1. The van der Waals surface area contributed by atoms with Gasteiger partial charge >= 0.3 is 0 Å². The smallest absolute Gasteiger partial charge is 0.261 e. The van der Waals surface area contributed by atoms with E-state index in [1.54, 1.807) is 18.2 Å². The second kappa shape index (κ2) is 9.94. The molecule has 1 N–H and O–H groups in total. The van der Waals surface area contributed by atoms with Gasteiger partial charge in [0.1, 0.15) is 5.75 Å². The van der Waals surface area contributed by atoms with Gasteiger partial charge in [-0.05, 0) is 43.2 Å². The third-order valence-corrected chi connectivity index (χ3v) is 4.14. The summed E-state index contributed by atoms with van der Waals surface area (Å²) in [6.07, 6.45) is 0.956. The number of halogens is 1. The Balaban J connectivity index is 1.74. The van der Waals surface area contributed by atoms with E-state index in [2.05, 4.69) is 22.3 Å². The van der Waals surface area contributed by atoms with E-state index in [9.17, 15) is 4.79 Å². The molecule has 2 aromatic carbocycles. The Morgan fingerprint density at radius 1 is 1.20 bits per heavy atom. The van der Waals surface area contributed by atoms with Crippen LogP contribution in [0.1, 0.15) is 19.8 Å². The van der Waals surface area contributed by atoms with E-state index in [1.165, 1.54) is 5.69 Å². The Hall–Kier alpha value is -2.20. The lowest BCUT2D eigenvalue weighted by molar-refractivity contribution is -0.128. The number of carbonyl (C=O) groups excluding carboxylic acids is 1. The number of nitrogens with one attached hydrogen (secondary N) is 1. The minimum atomic E-state index is -0.509. The molecule has 5 heteroatoms. The van der Waals surface area contributed by atoms with Crippen molar-refractivity contribution in [2.45, 2.75) is 25.9 Å².